The molecule has 3 rings (SSSR count). The minimum atomic E-state index is -0.469. The Hall–Kier alpha value is -3.92. The number of nitro benzene ring substituents is 1. The van der Waals surface area contributed by atoms with Crippen molar-refractivity contribution in [1.82, 2.24) is 5.43 Å². The third-order valence-corrected chi connectivity index (χ3v) is 5.12. The molecule has 0 radical (unpaired) electrons. The second-order valence-electron chi connectivity index (χ2n) is 6.89. The summed E-state index contributed by atoms with van der Waals surface area (Å²) in [7, 11) is 1.50. The molecule has 0 atom stereocenters. The standard InChI is InChI=1S/C23H21BrN4O5/c1-15-6-3-4-9-20(15)26-23(29)27-25-13-17-11-19(24)22(21(12-17)32-2)33-14-16-7-5-8-18(10-16)28(30)31/h3-13H,14H2,1-2H3,(H2,26,27,29). The molecule has 0 unspecified atom stereocenters. The van der Waals surface area contributed by atoms with Crippen LogP contribution in [0.5, 0.6) is 11.5 Å². The summed E-state index contributed by atoms with van der Waals surface area (Å²) < 4.78 is 11.8. The van der Waals surface area contributed by atoms with Gasteiger partial charge in [-0.1, -0.05) is 30.3 Å². The monoisotopic (exact) mass is 512 g/mol. The van der Waals surface area contributed by atoms with Crippen molar-refractivity contribution in [2.45, 2.75) is 13.5 Å². The lowest BCUT2D eigenvalue weighted by Crippen LogP contribution is -2.24. The fraction of sp³-hybridized carbons (Fsp3) is 0.130. The van der Waals surface area contributed by atoms with Crippen molar-refractivity contribution in [3.05, 3.63) is 91.9 Å². The molecule has 9 nitrogen and oxygen atoms in total. The minimum absolute atomic E-state index is 0.00680. The zero-order valence-corrected chi connectivity index (χ0v) is 19.5. The molecule has 0 aliphatic heterocycles. The summed E-state index contributed by atoms with van der Waals surface area (Å²) in [6.07, 6.45) is 1.47. The molecule has 0 aliphatic carbocycles. The number of carbonyl (C=O) groups is 1. The number of hydrazone groups is 1. The average Bonchev–Trinajstić information content (AvgIpc) is 2.79. The molecule has 0 fully saturated rings. The molecule has 2 N–H and O–H groups in total. The maximum Gasteiger partial charge on any atom is 0.339 e. The van der Waals surface area contributed by atoms with Crippen molar-refractivity contribution in [3.8, 4) is 11.5 Å². The molecule has 3 aromatic rings. The number of carbonyl (C=O) groups excluding carboxylic acids is 1. The zero-order valence-electron chi connectivity index (χ0n) is 17.9. The number of urea groups is 1. The van der Waals surface area contributed by atoms with Crippen LogP contribution in [-0.4, -0.2) is 24.3 Å². The highest BCUT2D eigenvalue weighted by atomic mass is 79.9. The van der Waals surface area contributed by atoms with E-state index in [4.69, 9.17) is 9.47 Å². The van der Waals surface area contributed by atoms with Crippen LogP contribution in [0.1, 0.15) is 16.7 Å². The van der Waals surface area contributed by atoms with Crippen molar-refractivity contribution in [1.29, 1.82) is 0 Å². The van der Waals surface area contributed by atoms with Gasteiger partial charge < -0.3 is 14.8 Å². The average molecular weight is 513 g/mol. The third kappa shape index (κ3) is 6.53. The first-order chi connectivity index (χ1) is 15.9. The van der Waals surface area contributed by atoms with Gasteiger partial charge >= 0.3 is 6.03 Å². The van der Waals surface area contributed by atoms with Crippen LogP contribution in [0.2, 0.25) is 0 Å². The van der Waals surface area contributed by atoms with E-state index in [0.29, 0.717) is 32.8 Å². The summed E-state index contributed by atoms with van der Waals surface area (Å²) in [6, 6.07) is 16.6. The van der Waals surface area contributed by atoms with Gasteiger partial charge in [0.15, 0.2) is 11.5 Å². The Bertz CT molecular complexity index is 1200. The lowest BCUT2D eigenvalue weighted by Gasteiger charge is -2.13. The second-order valence-corrected chi connectivity index (χ2v) is 7.74. The topological polar surface area (TPSA) is 115 Å². The van der Waals surface area contributed by atoms with E-state index in [0.717, 1.165) is 5.56 Å². The smallest absolute Gasteiger partial charge is 0.339 e. The normalized spacial score (nSPS) is 10.6. The highest BCUT2D eigenvalue weighted by Crippen LogP contribution is 2.37. The van der Waals surface area contributed by atoms with Gasteiger partial charge in [0, 0.05) is 17.8 Å². The van der Waals surface area contributed by atoms with Crippen LogP contribution in [0, 0.1) is 17.0 Å². The molecule has 3 aromatic carbocycles. The van der Waals surface area contributed by atoms with Gasteiger partial charge in [-0.25, -0.2) is 10.2 Å². The van der Waals surface area contributed by atoms with Gasteiger partial charge in [-0.3, -0.25) is 10.1 Å². The number of rotatable bonds is 8. The van der Waals surface area contributed by atoms with Crippen molar-refractivity contribution in [2.75, 3.05) is 12.4 Å². The largest absolute Gasteiger partial charge is 0.493 e. The lowest BCUT2D eigenvalue weighted by molar-refractivity contribution is -0.384. The quantitative estimate of drug-likeness (QED) is 0.238. The van der Waals surface area contributed by atoms with Gasteiger partial charge in [-0.05, 0) is 57.7 Å². The van der Waals surface area contributed by atoms with E-state index < -0.39 is 11.0 Å². The Morgan fingerprint density at radius 1 is 1.18 bits per heavy atom. The van der Waals surface area contributed by atoms with E-state index in [9.17, 15) is 14.9 Å². The zero-order chi connectivity index (χ0) is 23.8. The summed E-state index contributed by atoms with van der Waals surface area (Å²) >= 11 is 3.45. The van der Waals surface area contributed by atoms with E-state index >= 15 is 0 Å². The van der Waals surface area contributed by atoms with E-state index in [1.807, 2.05) is 25.1 Å². The number of non-ortho nitro benzene ring substituents is 1. The number of aryl methyl sites for hydroxylation is 1. The number of ether oxygens (including phenoxy) is 2. The van der Waals surface area contributed by atoms with Crippen LogP contribution in [0.4, 0.5) is 16.2 Å². The number of hydrogen-bond donors (Lipinski definition) is 2. The molecule has 2 amide bonds. The van der Waals surface area contributed by atoms with Crippen molar-refractivity contribution in [3.63, 3.8) is 0 Å². The first-order valence-electron chi connectivity index (χ1n) is 9.76. The molecular formula is C23H21BrN4O5. The SMILES string of the molecule is COc1cc(C=NNC(=O)Nc2ccccc2C)cc(Br)c1OCc1cccc([N+](=O)[O-])c1. The van der Waals surface area contributed by atoms with E-state index in [1.165, 1.54) is 25.5 Å². The number of methoxy groups -OCH3 is 1. The Balaban J connectivity index is 1.66. The molecule has 0 aromatic heterocycles. The predicted octanol–water partition coefficient (Wildman–Crippen LogP) is 5.41. The number of benzene rings is 3. The Kier molecular flexibility index (Phi) is 7.98. The molecule has 0 saturated carbocycles. The Morgan fingerprint density at radius 2 is 1.97 bits per heavy atom. The summed E-state index contributed by atoms with van der Waals surface area (Å²) in [4.78, 5) is 22.5. The fourth-order valence-electron chi connectivity index (χ4n) is 2.90. The van der Waals surface area contributed by atoms with Crippen LogP contribution >= 0.6 is 15.9 Å². The first kappa shape index (κ1) is 23.7. The second kappa shape index (κ2) is 11.1. The van der Waals surface area contributed by atoms with Crippen molar-refractivity contribution in [2.24, 2.45) is 5.10 Å². The van der Waals surface area contributed by atoms with Gasteiger partial charge in [-0.15, -0.1) is 0 Å². The molecule has 33 heavy (non-hydrogen) atoms. The van der Waals surface area contributed by atoms with Crippen LogP contribution < -0.4 is 20.2 Å². The molecule has 0 spiro atoms. The maximum atomic E-state index is 12.1. The first-order valence-corrected chi connectivity index (χ1v) is 10.6. The maximum absolute atomic E-state index is 12.1. The van der Waals surface area contributed by atoms with Crippen molar-refractivity contribution < 1.29 is 19.2 Å². The summed E-state index contributed by atoms with van der Waals surface area (Å²) in [5, 5.41) is 17.6. The molecule has 0 aliphatic rings. The van der Waals surface area contributed by atoms with E-state index in [2.05, 4.69) is 31.8 Å². The summed E-state index contributed by atoms with van der Waals surface area (Å²) in [5.41, 5.74) is 5.34. The van der Waals surface area contributed by atoms with Crippen LogP contribution in [0.25, 0.3) is 0 Å². The molecule has 0 heterocycles. The summed E-state index contributed by atoms with van der Waals surface area (Å²) in [5.74, 6) is 0.868. The van der Waals surface area contributed by atoms with Gasteiger partial charge in [0.05, 0.1) is 22.7 Å². The molecular weight excluding hydrogens is 492 g/mol. The molecule has 0 bridgehead atoms. The van der Waals surface area contributed by atoms with Gasteiger partial charge in [0.1, 0.15) is 6.61 Å². The molecule has 170 valence electrons. The summed E-state index contributed by atoms with van der Waals surface area (Å²) in [6.45, 7) is 2.01. The highest BCUT2D eigenvalue weighted by Gasteiger charge is 2.13. The predicted molar refractivity (Wildman–Crippen MR) is 129 cm³/mol. The number of halogens is 1. The van der Waals surface area contributed by atoms with Gasteiger partial charge in [0.2, 0.25) is 0 Å². The number of anilines is 1. The van der Waals surface area contributed by atoms with Gasteiger partial charge in [0.25, 0.3) is 5.69 Å². The van der Waals surface area contributed by atoms with Gasteiger partial charge in [-0.2, -0.15) is 5.10 Å². The lowest BCUT2D eigenvalue weighted by atomic mass is 10.2. The van der Waals surface area contributed by atoms with E-state index in [1.54, 1.807) is 30.3 Å². The van der Waals surface area contributed by atoms with Crippen LogP contribution in [-0.2, 0) is 6.61 Å². The Labute approximate surface area is 198 Å². The molecule has 10 heteroatoms. The van der Waals surface area contributed by atoms with E-state index in [-0.39, 0.29) is 12.3 Å². The number of para-hydroxylation sites is 1. The third-order valence-electron chi connectivity index (χ3n) is 4.53. The highest BCUT2D eigenvalue weighted by molar-refractivity contribution is 9.10. The number of nitro groups is 1. The van der Waals surface area contributed by atoms with Crippen LogP contribution in [0.15, 0.2) is 70.2 Å². The minimum Gasteiger partial charge on any atom is -0.493 e. The number of amides is 2. The van der Waals surface area contributed by atoms with Crippen molar-refractivity contribution >= 4 is 39.6 Å². The fourth-order valence-corrected chi connectivity index (χ4v) is 3.47. The number of hydrogen-bond acceptors (Lipinski definition) is 6. The molecule has 0 saturated heterocycles. The number of nitrogens with one attached hydrogen (secondary N) is 2. The number of nitrogens with zero attached hydrogens (tertiary/aromatic N) is 2. The Morgan fingerprint density at radius 3 is 2.70 bits per heavy atom. The van der Waals surface area contributed by atoms with Crippen LogP contribution in [0.3, 0.4) is 0 Å².